The molecule has 0 spiro atoms. The van der Waals surface area contributed by atoms with E-state index in [1.807, 2.05) is 0 Å². The average Bonchev–Trinajstić information content (AvgIpc) is 2.25. The Morgan fingerprint density at radius 1 is 1.16 bits per heavy atom. The molecule has 1 aromatic carbocycles. The zero-order valence-corrected chi connectivity index (χ0v) is 15.8. The molecule has 0 aliphatic carbocycles. The number of aromatic hydroxyl groups is 1. The molecule has 1 rings (SSSR count). The second-order valence-corrected chi connectivity index (χ2v) is 5.14. The van der Waals surface area contributed by atoms with Crippen molar-refractivity contribution in [3.05, 3.63) is 29.8 Å². The molecule has 0 heterocycles. The van der Waals surface area contributed by atoms with Crippen molar-refractivity contribution in [3.63, 3.8) is 0 Å². The van der Waals surface area contributed by atoms with Crippen LogP contribution in [0.15, 0.2) is 29.4 Å². The van der Waals surface area contributed by atoms with Gasteiger partial charge in [0.2, 0.25) is 0 Å². The van der Waals surface area contributed by atoms with Gasteiger partial charge in [-0.25, -0.2) is 0 Å². The van der Waals surface area contributed by atoms with Crippen LogP contribution in [-0.4, -0.2) is 38.1 Å². The summed E-state index contributed by atoms with van der Waals surface area (Å²) in [6.07, 6.45) is 0. The number of hydrogen-bond donors (Lipinski definition) is 2. The molecular weight excluding hydrogens is 316 g/mol. The Balaban J connectivity index is 0. The van der Waals surface area contributed by atoms with E-state index in [0.717, 1.165) is 0 Å². The number of benzene rings is 1. The first-order valence-corrected chi connectivity index (χ1v) is 6.43. The standard InChI is InChI=1S/C8H9NO6S2.2Na/c10-6-4-2-1-3-5(6)7(9-11)8(16(12)13)17(14)15;;/h1-4,8,10-11H,(H,12,13)(H,14,15);;/q;2*+1/p-2/b9-7+;;. The van der Waals surface area contributed by atoms with E-state index in [1.54, 1.807) is 0 Å². The van der Waals surface area contributed by atoms with E-state index < -0.39 is 32.5 Å². The zero-order chi connectivity index (χ0) is 13.0. The smallest absolute Gasteiger partial charge is 0.771 e. The fourth-order valence-electron chi connectivity index (χ4n) is 1.16. The van der Waals surface area contributed by atoms with E-state index in [0.29, 0.717) is 0 Å². The number of phenols is 1. The summed E-state index contributed by atoms with van der Waals surface area (Å²) in [4.78, 5) is 0. The first kappa shape index (κ1) is 22.0. The van der Waals surface area contributed by atoms with Crippen LogP contribution in [0.5, 0.6) is 5.75 Å². The molecule has 0 bridgehead atoms. The molecule has 11 heteroatoms. The van der Waals surface area contributed by atoms with Crippen molar-refractivity contribution >= 4 is 27.9 Å². The van der Waals surface area contributed by atoms with Gasteiger partial charge in [-0.3, -0.25) is 8.42 Å². The summed E-state index contributed by atoms with van der Waals surface area (Å²) in [6.45, 7) is 0. The number of phenolic OH excluding ortho intramolecular Hbond substituents is 1. The van der Waals surface area contributed by atoms with Gasteiger partial charge in [0.15, 0.2) is 0 Å². The van der Waals surface area contributed by atoms with Crippen LogP contribution >= 0.6 is 0 Å². The van der Waals surface area contributed by atoms with Gasteiger partial charge in [-0.15, -0.1) is 0 Å². The molecule has 0 amide bonds. The molecule has 2 unspecified atom stereocenters. The fraction of sp³-hybridized carbons (Fsp3) is 0.125. The summed E-state index contributed by atoms with van der Waals surface area (Å²) < 4.78 is 41.0. The number of rotatable bonds is 4. The SMILES string of the molecule is O=S([O-])C(/C(=N/O)c1ccccc1O)S(=O)[O-].[Na+].[Na+]. The largest absolute Gasteiger partial charge is 1.00 e. The van der Waals surface area contributed by atoms with Crippen LogP contribution < -0.4 is 59.1 Å². The molecular formula is C8H7NNa2O6S2. The molecule has 2 atom stereocenters. The van der Waals surface area contributed by atoms with Gasteiger partial charge in [0, 0.05) is 5.56 Å². The molecule has 2 N–H and O–H groups in total. The van der Waals surface area contributed by atoms with Crippen molar-refractivity contribution in [2.45, 2.75) is 4.58 Å². The van der Waals surface area contributed by atoms with Gasteiger partial charge in [-0.1, -0.05) is 17.3 Å². The third kappa shape index (κ3) is 5.92. The first-order valence-electron chi connectivity index (χ1n) is 4.15. The van der Waals surface area contributed by atoms with Crippen molar-refractivity contribution in [2.75, 3.05) is 0 Å². The third-order valence-corrected chi connectivity index (χ3v) is 3.95. The second-order valence-electron chi connectivity index (χ2n) is 2.86. The Bertz CT molecular complexity index is 484. The van der Waals surface area contributed by atoms with Crippen LogP contribution in [0.3, 0.4) is 0 Å². The summed E-state index contributed by atoms with van der Waals surface area (Å²) in [5.41, 5.74) is -0.835. The van der Waals surface area contributed by atoms with E-state index in [9.17, 15) is 22.6 Å². The minimum absolute atomic E-state index is 0. The van der Waals surface area contributed by atoms with Gasteiger partial charge in [0.05, 0.1) is 0 Å². The maximum Gasteiger partial charge on any atom is 1.00 e. The summed E-state index contributed by atoms with van der Waals surface area (Å²) in [6, 6.07) is 5.32. The molecule has 0 saturated carbocycles. The molecule has 0 aliphatic rings. The second kappa shape index (κ2) is 10.4. The fourth-order valence-corrected chi connectivity index (χ4v) is 2.39. The van der Waals surface area contributed by atoms with Crippen LogP contribution in [0.4, 0.5) is 0 Å². The van der Waals surface area contributed by atoms with Crippen LogP contribution in [-0.2, 0) is 22.2 Å². The first-order chi connectivity index (χ1) is 7.99. The predicted molar refractivity (Wildman–Crippen MR) is 58.1 cm³/mol. The van der Waals surface area contributed by atoms with Crippen LogP contribution in [0.2, 0.25) is 0 Å². The molecule has 0 saturated heterocycles. The van der Waals surface area contributed by atoms with Gasteiger partial charge in [-0.2, -0.15) is 0 Å². The van der Waals surface area contributed by atoms with E-state index >= 15 is 0 Å². The number of nitrogens with zero attached hydrogens (tertiary/aromatic N) is 1. The van der Waals surface area contributed by atoms with Crippen molar-refractivity contribution in [2.24, 2.45) is 5.16 Å². The monoisotopic (exact) mass is 323 g/mol. The van der Waals surface area contributed by atoms with E-state index in [2.05, 4.69) is 5.16 Å². The van der Waals surface area contributed by atoms with Gasteiger partial charge >= 0.3 is 59.1 Å². The molecule has 0 aliphatic heterocycles. The van der Waals surface area contributed by atoms with E-state index in [1.165, 1.54) is 24.3 Å². The Kier molecular flexibility index (Phi) is 12.1. The summed E-state index contributed by atoms with van der Waals surface area (Å²) in [5.74, 6) is -0.388. The summed E-state index contributed by atoms with van der Waals surface area (Å²) in [5, 5.41) is 20.8. The van der Waals surface area contributed by atoms with Crippen LogP contribution in [0.25, 0.3) is 0 Å². The van der Waals surface area contributed by atoms with Crippen molar-refractivity contribution in [1.29, 1.82) is 0 Å². The Hall–Kier alpha value is 0.710. The Morgan fingerprint density at radius 3 is 2.00 bits per heavy atom. The maximum atomic E-state index is 10.8. The Labute approximate surface area is 158 Å². The molecule has 0 aromatic heterocycles. The number of oxime groups is 1. The van der Waals surface area contributed by atoms with Gasteiger partial charge in [0.25, 0.3) is 0 Å². The summed E-state index contributed by atoms with van der Waals surface area (Å²) >= 11 is -6.07. The van der Waals surface area contributed by atoms with Crippen molar-refractivity contribution in [1.82, 2.24) is 0 Å². The third-order valence-electron chi connectivity index (χ3n) is 1.86. The molecule has 7 nitrogen and oxygen atoms in total. The normalized spacial score (nSPS) is 15.6. The topological polar surface area (TPSA) is 133 Å². The van der Waals surface area contributed by atoms with Crippen LogP contribution in [0.1, 0.15) is 5.56 Å². The quantitative estimate of drug-likeness (QED) is 0.186. The molecule has 0 fully saturated rings. The van der Waals surface area contributed by atoms with E-state index in [-0.39, 0.29) is 70.4 Å². The minimum atomic E-state index is -3.04. The Morgan fingerprint density at radius 2 is 1.63 bits per heavy atom. The summed E-state index contributed by atoms with van der Waals surface area (Å²) in [7, 11) is 0. The van der Waals surface area contributed by atoms with Gasteiger partial charge < -0.3 is 19.4 Å². The average molecular weight is 323 g/mol. The predicted octanol–water partition coefficient (Wildman–Crippen LogP) is -6.34. The maximum absolute atomic E-state index is 10.8. The zero-order valence-electron chi connectivity index (χ0n) is 10.2. The molecule has 19 heavy (non-hydrogen) atoms. The van der Waals surface area contributed by atoms with Crippen molar-refractivity contribution < 1.29 is 87.0 Å². The molecule has 1 aromatic rings. The molecule has 0 radical (unpaired) electrons. The number of para-hydroxylation sites is 1. The van der Waals surface area contributed by atoms with Crippen molar-refractivity contribution in [3.8, 4) is 5.75 Å². The van der Waals surface area contributed by atoms with Gasteiger partial charge in [0.1, 0.15) is 16.0 Å². The van der Waals surface area contributed by atoms with E-state index in [4.69, 9.17) is 5.21 Å². The van der Waals surface area contributed by atoms with Crippen LogP contribution in [0, 0.1) is 0 Å². The minimum Gasteiger partial charge on any atom is -0.771 e. The van der Waals surface area contributed by atoms with Gasteiger partial charge in [-0.05, 0) is 34.3 Å². The molecule has 94 valence electrons. The number of hydrogen-bond acceptors (Lipinski definition) is 7.